The summed E-state index contributed by atoms with van der Waals surface area (Å²) in [5.74, 6) is -0.355. The number of halogens is 4. The van der Waals surface area contributed by atoms with Crippen LogP contribution in [-0.2, 0) is 6.18 Å². The Morgan fingerprint density at radius 2 is 1.72 bits per heavy atom. The fourth-order valence-electron chi connectivity index (χ4n) is 2.43. The fraction of sp³-hybridized carbons (Fsp3) is 0.176. The Morgan fingerprint density at radius 1 is 1.04 bits per heavy atom. The predicted molar refractivity (Wildman–Crippen MR) is 83.0 cm³/mol. The van der Waals surface area contributed by atoms with Gasteiger partial charge < -0.3 is 4.74 Å². The number of rotatable bonds is 3. The van der Waals surface area contributed by atoms with E-state index in [4.69, 9.17) is 4.74 Å². The van der Waals surface area contributed by atoms with Crippen molar-refractivity contribution in [2.45, 2.75) is 13.1 Å². The highest BCUT2D eigenvalue weighted by Crippen LogP contribution is 2.31. The van der Waals surface area contributed by atoms with E-state index in [9.17, 15) is 17.6 Å². The highest BCUT2D eigenvalue weighted by Gasteiger charge is 2.31. The van der Waals surface area contributed by atoms with Crippen molar-refractivity contribution >= 4 is 0 Å². The molecule has 1 aromatic heterocycles. The van der Waals surface area contributed by atoms with Crippen molar-refractivity contribution < 1.29 is 22.3 Å². The second-order valence-corrected chi connectivity index (χ2v) is 5.33. The summed E-state index contributed by atoms with van der Waals surface area (Å²) in [7, 11) is 1.55. The van der Waals surface area contributed by atoms with Gasteiger partial charge in [0.05, 0.1) is 18.4 Å². The average Bonchev–Trinajstić information content (AvgIpc) is 2.95. The second kappa shape index (κ2) is 6.19. The van der Waals surface area contributed by atoms with E-state index in [-0.39, 0.29) is 5.69 Å². The summed E-state index contributed by atoms with van der Waals surface area (Å²) in [6.07, 6.45) is -4.61. The molecule has 0 aliphatic heterocycles. The largest absolute Gasteiger partial charge is 0.497 e. The molecular weight excluding hydrogens is 338 g/mol. The highest BCUT2D eigenvalue weighted by molar-refractivity contribution is 5.62. The van der Waals surface area contributed by atoms with Crippen molar-refractivity contribution in [2.24, 2.45) is 0 Å². The lowest BCUT2D eigenvalue weighted by Crippen LogP contribution is -2.08. The van der Waals surface area contributed by atoms with Gasteiger partial charge in [-0.05, 0) is 49.4 Å². The normalized spacial score (nSPS) is 11.6. The zero-order chi connectivity index (χ0) is 18.2. The van der Waals surface area contributed by atoms with Crippen molar-refractivity contribution in [2.75, 3.05) is 7.11 Å². The monoisotopic (exact) mass is 351 g/mol. The van der Waals surface area contributed by atoms with E-state index in [1.165, 1.54) is 4.68 Å². The first-order valence-corrected chi connectivity index (χ1v) is 7.25. The summed E-state index contributed by atoms with van der Waals surface area (Å²) < 4.78 is 58.4. The van der Waals surface area contributed by atoms with Crippen LogP contribution in [0.2, 0.25) is 0 Å². The summed E-state index contributed by atoms with van der Waals surface area (Å²) in [6, 6.07) is 9.32. The fourth-order valence-corrected chi connectivity index (χ4v) is 2.43. The molecule has 2 aromatic carbocycles. The van der Waals surface area contributed by atoms with Crippen molar-refractivity contribution in [3.05, 3.63) is 59.5 Å². The maximum absolute atomic E-state index is 14.2. The number of benzene rings is 2. The van der Waals surface area contributed by atoms with Crippen LogP contribution in [0.3, 0.4) is 0 Å². The summed E-state index contributed by atoms with van der Waals surface area (Å²) >= 11 is 0. The molecule has 0 spiro atoms. The average molecular weight is 351 g/mol. The Hall–Kier alpha value is -2.90. The zero-order valence-corrected chi connectivity index (χ0v) is 13.3. The Balaban J connectivity index is 2.01. The van der Waals surface area contributed by atoms with E-state index in [2.05, 4.69) is 10.3 Å². The molecule has 0 radical (unpaired) electrons. The molecule has 0 unspecified atom stereocenters. The number of hydrogen-bond acceptors (Lipinski definition) is 3. The minimum Gasteiger partial charge on any atom is -0.497 e. The quantitative estimate of drug-likeness (QED) is 0.656. The number of ether oxygens (including phenoxy) is 1. The summed E-state index contributed by atoms with van der Waals surface area (Å²) in [5.41, 5.74) is 0.585. The van der Waals surface area contributed by atoms with Gasteiger partial charge in [-0.3, -0.25) is 0 Å². The predicted octanol–water partition coefficient (Wildman–Crippen LogP) is 4.41. The molecule has 3 aromatic rings. The molecule has 0 aliphatic rings. The molecule has 130 valence electrons. The first-order valence-electron chi connectivity index (χ1n) is 7.25. The third-order valence-corrected chi connectivity index (χ3v) is 3.76. The Kier molecular flexibility index (Phi) is 4.20. The molecule has 0 saturated heterocycles. The smallest absolute Gasteiger partial charge is 0.416 e. The number of aromatic nitrogens is 3. The van der Waals surface area contributed by atoms with Gasteiger partial charge in [0.25, 0.3) is 0 Å². The van der Waals surface area contributed by atoms with Gasteiger partial charge in [-0.1, -0.05) is 5.21 Å². The molecule has 0 fully saturated rings. The lowest BCUT2D eigenvalue weighted by molar-refractivity contribution is -0.137. The van der Waals surface area contributed by atoms with Gasteiger partial charge in [-0.2, -0.15) is 13.2 Å². The van der Waals surface area contributed by atoms with E-state index >= 15 is 0 Å². The second-order valence-electron chi connectivity index (χ2n) is 5.33. The molecule has 3 rings (SSSR count). The third kappa shape index (κ3) is 3.19. The topological polar surface area (TPSA) is 39.9 Å². The summed E-state index contributed by atoms with van der Waals surface area (Å²) in [6.45, 7) is 1.66. The van der Waals surface area contributed by atoms with E-state index in [1.807, 2.05) is 0 Å². The lowest BCUT2D eigenvalue weighted by atomic mass is 10.1. The van der Waals surface area contributed by atoms with Crippen LogP contribution in [0.25, 0.3) is 16.9 Å². The van der Waals surface area contributed by atoms with Crippen LogP contribution in [0.1, 0.15) is 11.3 Å². The molecular formula is C17H13F4N3O. The minimum atomic E-state index is -4.61. The molecule has 25 heavy (non-hydrogen) atoms. The van der Waals surface area contributed by atoms with Gasteiger partial charge in [-0.15, -0.1) is 5.10 Å². The molecule has 0 aliphatic carbocycles. The van der Waals surface area contributed by atoms with Crippen molar-refractivity contribution in [1.82, 2.24) is 15.0 Å². The van der Waals surface area contributed by atoms with E-state index < -0.39 is 17.6 Å². The van der Waals surface area contributed by atoms with E-state index in [1.54, 1.807) is 38.3 Å². The molecule has 0 atom stereocenters. The Labute approximate surface area is 140 Å². The highest BCUT2D eigenvalue weighted by atomic mass is 19.4. The van der Waals surface area contributed by atoms with Crippen LogP contribution < -0.4 is 4.74 Å². The van der Waals surface area contributed by atoms with Crippen LogP contribution in [0, 0.1) is 12.7 Å². The molecule has 0 saturated carbocycles. The minimum absolute atomic E-state index is 0.0993. The maximum Gasteiger partial charge on any atom is 0.416 e. The maximum atomic E-state index is 14.2. The Morgan fingerprint density at radius 3 is 2.28 bits per heavy atom. The van der Waals surface area contributed by atoms with Crippen LogP contribution in [-0.4, -0.2) is 22.1 Å². The van der Waals surface area contributed by atoms with E-state index in [0.717, 1.165) is 17.7 Å². The van der Waals surface area contributed by atoms with Crippen LogP contribution >= 0.6 is 0 Å². The van der Waals surface area contributed by atoms with Gasteiger partial charge in [0.15, 0.2) is 0 Å². The number of nitrogens with zero attached hydrogens (tertiary/aromatic N) is 3. The van der Waals surface area contributed by atoms with E-state index in [0.29, 0.717) is 23.2 Å². The van der Waals surface area contributed by atoms with Gasteiger partial charge in [0.2, 0.25) is 0 Å². The van der Waals surface area contributed by atoms with Gasteiger partial charge in [0.1, 0.15) is 22.9 Å². The molecule has 8 heteroatoms. The van der Waals surface area contributed by atoms with Crippen molar-refractivity contribution in [1.29, 1.82) is 0 Å². The van der Waals surface area contributed by atoms with Crippen LogP contribution in [0.4, 0.5) is 17.6 Å². The Bertz CT molecular complexity index is 901. The van der Waals surface area contributed by atoms with Gasteiger partial charge in [-0.25, -0.2) is 9.07 Å². The third-order valence-electron chi connectivity index (χ3n) is 3.76. The van der Waals surface area contributed by atoms with Crippen LogP contribution in [0.15, 0.2) is 42.5 Å². The molecule has 0 N–H and O–H groups in total. The lowest BCUT2D eigenvalue weighted by Gasteiger charge is -2.10. The molecule has 4 nitrogen and oxygen atoms in total. The van der Waals surface area contributed by atoms with Gasteiger partial charge in [0, 0.05) is 5.56 Å². The molecule has 0 bridgehead atoms. The molecule has 1 heterocycles. The van der Waals surface area contributed by atoms with Crippen molar-refractivity contribution in [3.63, 3.8) is 0 Å². The first-order chi connectivity index (χ1) is 11.8. The first kappa shape index (κ1) is 16.9. The summed E-state index contributed by atoms with van der Waals surface area (Å²) in [5, 5.41) is 7.89. The number of alkyl halides is 3. The number of hydrogen-bond donors (Lipinski definition) is 0. The zero-order valence-electron chi connectivity index (χ0n) is 13.3. The van der Waals surface area contributed by atoms with Crippen molar-refractivity contribution in [3.8, 4) is 22.7 Å². The standard InChI is InChI=1S/C17H13F4N3O/c1-10-16(11-3-6-13(25-2)7-4-11)22-23-24(10)15-8-5-12(9-14(15)18)17(19,20)21/h3-9H,1-2H3. The summed E-state index contributed by atoms with van der Waals surface area (Å²) in [4.78, 5) is 0. The molecule has 0 amide bonds. The van der Waals surface area contributed by atoms with Gasteiger partial charge >= 0.3 is 6.18 Å². The SMILES string of the molecule is COc1ccc(-c2nnn(-c3ccc(C(F)(F)F)cc3F)c2C)cc1. The number of methoxy groups -OCH3 is 1. The van der Waals surface area contributed by atoms with Crippen LogP contribution in [0.5, 0.6) is 5.75 Å².